The zero-order chi connectivity index (χ0) is 9.84. The van der Waals surface area contributed by atoms with E-state index in [0.29, 0.717) is 5.69 Å². The maximum Gasteiger partial charge on any atom is 0.177 e. The van der Waals surface area contributed by atoms with Crippen LogP contribution in [-0.2, 0) is 6.54 Å². The highest BCUT2D eigenvalue weighted by molar-refractivity contribution is 5.92. The molecule has 0 atom stereocenters. The van der Waals surface area contributed by atoms with Gasteiger partial charge in [-0.2, -0.15) is 5.10 Å². The molecule has 0 radical (unpaired) electrons. The molecule has 0 aromatic carbocycles. The average molecular weight is 181 g/mol. The molecule has 0 saturated heterocycles. The van der Waals surface area contributed by atoms with Gasteiger partial charge in [0.1, 0.15) is 5.69 Å². The van der Waals surface area contributed by atoms with Crippen molar-refractivity contribution in [2.75, 3.05) is 20.6 Å². The summed E-state index contributed by atoms with van der Waals surface area (Å²) >= 11 is 0. The minimum atomic E-state index is 0.0660. The highest BCUT2D eigenvalue weighted by atomic mass is 16.1. The van der Waals surface area contributed by atoms with Crippen LogP contribution in [-0.4, -0.2) is 41.1 Å². The molecule has 4 nitrogen and oxygen atoms in total. The van der Waals surface area contributed by atoms with E-state index in [1.807, 2.05) is 14.1 Å². The van der Waals surface area contributed by atoms with Crippen LogP contribution < -0.4 is 0 Å². The third-order valence-corrected chi connectivity index (χ3v) is 1.84. The van der Waals surface area contributed by atoms with Crippen molar-refractivity contribution in [3.63, 3.8) is 0 Å². The maximum atomic E-state index is 11.1. The van der Waals surface area contributed by atoms with E-state index < -0.39 is 0 Å². The first-order chi connectivity index (χ1) is 6.11. The van der Waals surface area contributed by atoms with Crippen LogP contribution in [0.5, 0.6) is 0 Å². The summed E-state index contributed by atoms with van der Waals surface area (Å²) in [4.78, 5) is 13.2. The van der Waals surface area contributed by atoms with Gasteiger partial charge in [0.2, 0.25) is 0 Å². The van der Waals surface area contributed by atoms with E-state index in [1.165, 1.54) is 0 Å². The molecule has 0 aliphatic heterocycles. The number of hydrogen-bond donors (Lipinski definition) is 0. The molecule has 1 rings (SSSR count). The van der Waals surface area contributed by atoms with E-state index in [2.05, 4.69) is 10.00 Å². The van der Waals surface area contributed by atoms with Crippen molar-refractivity contribution in [1.29, 1.82) is 0 Å². The van der Waals surface area contributed by atoms with E-state index in [4.69, 9.17) is 0 Å². The Kier molecular flexibility index (Phi) is 3.19. The van der Waals surface area contributed by atoms with Gasteiger partial charge >= 0.3 is 0 Å². The lowest BCUT2D eigenvalue weighted by Gasteiger charge is -2.10. The molecule has 0 aliphatic rings. The van der Waals surface area contributed by atoms with Gasteiger partial charge in [-0.3, -0.25) is 9.48 Å². The summed E-state index contributed by atoms with van der Waals surface area (Å²) in [5.74, 6) is 0.0660. The van der Waals surface area contributed by atoms with Crippen LogP contribution in [0, 0.1) is 0 Å². The first-order valence-electron chi connectivity index (χ1n) is 4.28. The summed E-state index contributed by atoms with van der Waals surface area (Å²) in [6.07, 6.45) is 1.66. The van der Waals surface area contributed by atoms with Crippen molar-refractivity contribution in [3.05, 3.63) is 18.0 Å². The summed E-state index contributed by atoms with van der Waals surface area (Å²) < 4.78 is 1.74. The van der Waals surface area contributed by atoms with Crippen LogP contribution in [0.3, 0.4) is 0 Å². The minimum Gasteiger partial charge on any atom is -0.308 e. The van der Waals surface area contributed by atoms with Crippen molar-refractivity contribution in [2.24, 2.45) is 0 Å². The van der Waals surface area contributed by atoms with Crippen molar-refractivity contribution in [3.8, 4) is 0 Å². The number of likely N-dealkylation sites (N-methyl/N-ethyl adjacent to an activating group) is 1. The topological polar surface area (TPSA) is 38.1 Å². The summed E-state index contributed by atoms with van der Waals surface area (Å²) in [5, 5.41) is 4.08. The second-order valence-corrected chi connectivity index (χ2v) is 3.30. The Morgan fingerprint density at radius 1 is 1.62 bits per heavy atom. The SMILES string of the molecule is CC(=O)c1ccnn1CCN(C)C. The Labute approximate surface area is 78.1 Å². The van der Waals surface area contributed by atoms with Gasteiger partial charge in [0.05, 0.1) is 6.54 Å². The predicted molar refractivity (Wildman–Crippen MR) is 50.8 cm³/mol. The first kappa shape index (κ1) is 9.92. The summed E-state index contributed by atoms with van der Waals surface area (Å²) in [6.45, 7) is 3.21. The van der Waals surface area contributed by atoms with E-state index in [1.54, 1.807) is 23.9 Å². The van der Waals surface area contributed by atoms with Crippen LogP contribution >= 0.6 is 0 Å². The fourth-order valence-corrected chi connectivity index (χ4v) is 1.10. The smallest absolute Gasteiger partial charge is 0.177 e. The van der Waals surface area contributed by atoms with Gasteiger partial charge in [-0.1, -0.05) is 0 Å². The van der Waals surface area contributed by atoms with Gasteiger partial charge in [0.25, 0.3) is 0 Å². The number of ketones is 1. The van der Waals surface area contributed by atoms with Gasteiger partial charge in [0, 0.05) is 19.7 Å². The van der Waals surface area contributed by atoms with E-state index in [-0.39, 0.29) is 5.78 Å². The summed E-state index contributed by atoms with van der Waals surface area (Å²) in [6, 6.07) is 1.75. The number of nitrogens with zero attached hydrogens (tertiary/aromatic N) is 3. The van der Waals surface area contributed by atoms with Crippen molar-refractivity contribution >= 4 is 5.78 Å². The Morgan fingerprint density at radius 2 is 2.31 bits per heavy atom. The molecule has 0 bridgehead atoms. The highest BCUT2D eigenvalue weighted by Gasteiger charge is 2.06. The van der Waals surface area contributed by atoms with E-state index in [9.17, 15) is 4.79 Å². The molecular weight excluding hydrogens is 166 g/mol. The maximum absolute atomic E-state index is 11.1. The van der Waals surface area contributed by atoms with Gasteiger partial charge in [-0.25, -0.2) is 0 Å². The largest absolute Gasteiger partial charge is 0.308 e. The molecule has 1 heterocycles. The lowest BCUT2D eigenvalue weighted by Crippen LogP contribution is -2.20. The van der Waals surface area contributed by atoms with E-state index in [0.717, 1.165) is 13.1 Å². The van der Waals surface area contributed by atoms with Gasteiger partial charge in [-0.05, 0) is 20.2 Å². The zero-order valence-corrected chi connectivity index (χ0v) is 8.32. The van der Waals surface area contributed by atoms with Crippen LogP contribution in [0.15, 0.2) is 12.3 Å². The Hall–Kier alpha value is -1.16. The second kappa shape index (κ2) is 4.18. The number of carbonyl (C=O) groups is 1. The lowest BCUT2D eigenvalue weighted by atomic mass is 10.3. The molecule has 72 valence electrons. The van der Waals surface area contributed by atoms with Gasteiger partial charge in [-0.15, -0.1) is 0 Å². The normalized spacial score (nSPS) is 10.8. The molecule has 0 fully saturated rings. The van der Waals surface area contributed by atoms with Crippen LogP contribution in [0.25, 0.3) is 0 Å². The third kappa shape index (κ3) is 2.66. The Balaban J connectivity index is 2.65. The third-order valence-electron chi connectivity index (χ3n) is 1.84. The van der Waals surface area contributed by atoms with E-state index >= 15 is 0 Å². The number of aromatic nitrogens is 2. The lowest BCUT2D eigenvalue weighted by molar-refractivity contribution is 0.100. The molecule has 1 aromatic rings. The number of hydrogen-bond acceptors (Lipinski definition) is 3. The summed E-state index contributed by atoms with van der Waals surface area (Å²) in [7, 11) is 3.99. The number of rotatable bonds is 4. The first-order valence-corrected chi connectivity index (χ1v) is 4.28. The second-order valence-electron chi connectivity index (χ2n) is 3.30. The van der Waals surface area contributed by atoms with Crippen molar-refractivity contribution < 1.29 is 4.79 Å². The summed E-state index contributed by atoms with van der Waals surface area (Å²) in [5.41, 5.74) is 0.682. The van der Waals surface area contributed by atoms with Crippen molar-refractivity contribution in [1.82, 2.24) is 14.7 Å². The Morgan fingerprint density at radius 3 is 2.85 bits per heavy atom. The molecule has 0 unspecified atom stereocenters. The zero-order valence-electron chi connectivity index (χ0n) is 8.32. The standard InChI is InChI=1S/C9H15N3O/c1-8(13)9-4-5-10-12(9)7-6-11(2)3/h4-5H,6-7H2,1-3H3. The molecule has 13 heavy (non-hydrogen) atoms. The number of Topliss-reactive ketones (excluding diaryl/α,β-unsaturated/α-hetero) is 1. The Bertz CT molecular complexity index is 291. The highest BCUT2D eigenvalue weighted by Crippen LogP contribution is 1.99. The van der Waals surface area contributed by atoms with Crippen LogP contribution in [0.1, 0.15) is 17.4 Å². The molecular formula is C9H15N3O. The number of carbonyl (C=O) groups excluding carboxylic acids is 1. The van der Waals surface area contributed by atoms with Gasteiger partial charge in [0.15, 0.2) is 5.78 Å². The predicted octanol–water partition coefficient (Wildman–Crippen LogP) is 0.647. The molecule has 0 saturated carbocycles. The molecule has 1 aromatic heterocycles. The molecule has 0 spiro atoms. The molecule has 4 heteroatoms. The fourth-order valence-electron chi connectivity index (χ4n) is 1.10. The van der Waals surface area contributed by atoms with Gasteiger partial charge < -0.3 is 4.90 Å². The average Bonchev–Trinajstić information content (AvgIpc) is 2.47. The quantitative estimate of drug-likeness (QED) is 0.640. The molecule has 0 amide bonds. The molecule has 0 aliphatic carbocycles. The van der Waals surface area contributed by atoms with Crippen molar-refractivity contribution in [2.45, 2.75) is 13.5 Å². The molecule has 0 N–H and O–H groups in total. The van der Waals surface area contributed by atoms with Crippen LogP contribution in [0.2, 0.25) is 0 Å². The minimum absolute atomic E-state index is 0.0660. The monoisotopic (exact) mass is 181 g/mol. The van der Waals surface area contributed by atoms with Crippen LogP contribution in [0.4, 0.5) is 0 Å². The fraction of sp³-hybridized carbons (Fsp3) is 0.556.